The second-order valence-corrected chi connectivity index (χ2v) is 9.10. The highest BCUT2D eigenvalue weighted by molar-refractivity contribution is 7.80. The van der Waals surface area contributed by atoms with E-state index in [-0.39, 0.29) is 23.8 Å². The summed E-state index contributed by atoms with van der Waals surface area (Å²) in [5, 5.41) is 18.0. The third kappa shape index (κ3) is 7.64. The van der Waals surface area contributed by atoms with Crippen LogP contribution in [0.5, 0.6) is 0 Å². The second kappa shape index (κ2) is 13.4. The fourth-order valence-corrected chi connectivity index (χ4v) is 3.92. The van der Waals surface area contributed by atoms with Crippen LogP contribution in [0.4, 0.5) is 0 Å². The number of carboxylic acid groups (broad SMARTS) is 1. The lowest BCUT2D eigenvalue weighted by Crippen LogP contribution is -2.58. The number of carbonyl (C=O) groups is 4. The number of aromatic amines is 1. The molecule has 12 heteroatoms. The van der Waals surface area contributed by atoms with E-state index in [1.165, 1.54) is 0 Å². The molecular formula is C23H33N5O5S2. The van der Waals surface area contributed by atoms with E-state index in [1.807, 2.05) is 31.2 Å². The summed E-state index contributed by atoms with van der Waals surface area (Å²) >= 11 is 8.19. The first-order valence-electron chi connectivity index (χ1n) is 11.3. The van der Waals surface area contributed by atoms with Crippen molar-refractivity contribution in [2.24, 2.45) is 11.7 Å². The number of thiol groups is 2. The molecule has 2 aromatic rings. The molecule has 192 valence electrons. The normalized spacial score (nSPS) is 15.5. The molecule has 0 radical (unpaired) electrons. The molecule has 1 aromatic carbocycles. The number of nitrogens with one attached hydrogen (secondary N) is 4. The van der Waals surface area contributed by atoms with Gasteiger partial charge in [0.1, 0.15) is 18.1 Å². The van der Waals surface area contributed by atoms with E-state index in [9.17, 15) is 24.3 Å². The number of para-hydroxylation sites is 1. The summed E-state index contributed by atoms with van der Waals surface area (Å²) in [5.41, 5.74) is 7.43. The third-order valence-electron chi connectivity index (χ3n) is 5.86. The number of fused-ring (bicyclic) bond motifs is 1. The molecule has 1 heterocycles. The van der Waals surface area contributed by atoms with Crippen molar-refractivity contribution in [3.05, 3.63) is 36.0 Å². The summed E-state index contributed by atoms with van der Waals surface area (Å²) in [6, 6.07) is 3.32. The zero-order valence-electron chi connectivity index (χ0n) is 19.7. The molecule has 0 saturated carbocycles. The Bertz CT molecular complexity index is 1050. The van der Waals surface area contributed by atoms with E-state index in [0.29, 0.717) is 6.42 Å². The van der Waals surface area contributed by atoms with Crippen molar-refractivity contribution in [1.82, 2.24) is 20.9 Å². The minimum absolute atomic E-state index is 0.0751. The van der Waals surface area contributed by atoms with E-state index in [4.69, 9.17) is 5.73 Å². The Morgan fingerprint density at radius 3 is 2.23 bits per heavy atom. The molecule has 0 aliphatic rings. The standard InChI is InChI=1S/C23H33N5O5S2/c1-3-12(2)19(23(32)33)28-22(31)18(11-35)27-21(30)17(26-20(29)15(24)10-34)8-13-9-25-16-7-5-4-6-14(13)16/h4-7,9,12,15,17-19,25,34-35H,3,8,10-11,24H2,1-2H3,(H,26,29)(H,27,30)(H,28,31)(H,32,33). The zero-order valence-corrected chi connectivity index (χ0v) is 21.4. The minimum Gasteiger partial charge on any atom is -0.480 e. The number of rotatable bonds is 13. The highest BCUT2D eigenvalue weighted by atomic mass is 32.1. The summed E-state index contributed by atoms with van der Waals surface area (Å²) in [5.74, 6) is -3.33. The van der Waals surface area contributed by atoms with Crippen LogP contribution in [0.15, 0.2) is 30.5 Å². The van der Waals surface area contributed by atoms with Crippen molar-refractivity contribution in [2.75, 3.05) is 11.5 Å². The van der Waals surface area contributed by atoms with E-state index < -0.39 is 47.9 Å². The van der Waals surface area contributed by atoms with E-state index in [2.05, 4.69) is 46.2 Å². The highest BCUT2D eigenvalue weighted by Crippen LogP contribution is 2.19. The van der Waals surface area contributed by atoms with Crippen LogP contribution in [0.3, 0.4) is 0 Å². The summed E-state index contributed by atoms with van der Waals surface area (Å²) in [6.07, 6.45) is 2.42. The van der Waals surface area contributed by atoms with Crippen LogP contribution in [-0.2, 0) is 25.6 Å². The van der Waals surface area contributed by atoms with Gasteiger partial charge in [0.2, 0.25) is 17.7 Å². The number of H-pyrrole nitrogens is 1. The number of carboxylic acids is 1. The van der Waals surface area contributed by atoms with Crippen molar-refractivity contribution in [1.29, 1.82) is 0 Å². The number of hydrogen-bond acceptors (Lipinski definition) is 7. The molecule has 0 aliphatic heterocycles. The van der Waals surface area contributed by atoms with Gasteiger partial charge >= 0.3 is 5.97 Å². The second-order valence-electron chi connectivity index (χ2n) is 8.37. The highest BCUT2D eigenvalue weighted by Gasteiger charge is 2.31. The lowest BCUT2D eigenvalue weighted by atomic mass is 9.99. The molecule has 7 N–H and O–H groups in total. The summed E-state index contributed by atoms with van der Waals surface area (Å²) in [7, 11) is 0. The molecule has 2 rings (SSSR count). The Kier molecular flexibility index (Phi) is 10.9. The number of aromatic nitrogens is 1. The van der Waals surface area contributed by atoms with Crippen LogP contribution >= 0.6 is 25.3 Å². The van der Waals surface area contributed by atoms with Gasteiger partial charge in [-0.15, -0.1) is 0 Å². The van der Waals surface area contributed by atoms with Gasteiger partial charge in [0.15, 0.2) is 0 Å². The molecular weight excluding hydrogens is 490 g/mol. The molecule has 35 heavy (non-hydrogen) atoms. The van der Waals surface area contributed by atoms with Crippen LogP contribution in [0.2, 0.25) is 0 Å². The molecule has 0 bridgehead atoms. The number of carbonyl (C=O) groups excluding carboxylic acids is 3. The number of nitrogens with two attached hydrogens (primary N) is 1. The van der Waals surface area contributed by atoms with Crippen molar-refractivity contribution in [3.63, 3.8) is 0 Å². The molecule has 0 fully saturated rings. The lowest BCUT2D eigenvalue weighted by Gasteiger charge is -2.25. The third-order valence-corrected chi connectivity index (χ3v) is 6.62. The van der Waals surface area contributed by atoms with Gasteiger partial charge < -0.3 is 31.8 Å². The molecule has 3 amide bonds. The molecule has 0 saturated heterocycles. The fourth-order valence-electron chi connectivity index (χ4n) is 3.49. The summed E-state index contributed by atoms with van der Waals surface area (Å²) in [4.78, 5) is 53.2. The Balaban J connectivity index is 2.22. The van der Waals surface area contributed by atoms with Gasteiger partial charge in [0, 0.05) is 35.0 Å². The monoisotopic (exact) mass is 523 g/mol. The molecule has 0 aliphatic carbocycles. The van der Waals surface area contributed by atoms with Crippen molar-refractivity contribution in [2.45, 2.75) is 50.9 Å². The van der Waals surface area contributed by atoms with E-state index >= 15 is 0 Å². The first-order chi connectivity index (χ1) is 16.6. The predicted octanol–water partition coefficient (Wildman–Crippen LogP) is 0.482. The SMILES string of the molecule is CCC(C)C(NC(=O)C(CS)NC(=O)C(Cc1c[nH]c2ccccc12)NC(=O)C(N)CS)C(=O)O. The van der Waals surface area contributed by atoms with Crippen LogP contribution in [0.1, 0.15) is 25.8 Å². The molecule has 10 nitrogen and oxygen atoms in total. The van der Waals surface area contributed by atoms with Crippen molar-refractivity contribution >= 4 is 59.9 Å². The largest absolute Gasteiger partial charge is 0.480 e. The Morgan fingerprint density at radius 1 is 1.00 bits per heavy atom. The maximum absolute atomic E-state index is 13.2. The Labute approximate surface area is 215 Å². The number of hydrogen-bond donors (Lipinski definition) is 8. The van der Waals surface area contributed by atoms with Crippen LogP contribution in [0.25, 0.3) is 10.9 Å². The first-order valence-corrected chi connectivity index (χ1v) is 12.6. The van der Waals surface area contributed by atoms with Gasteiger partial charge in [0.25, 0.3) is 0 Å². The molecule has 0 spiro atoms. The van der Waals surface area contributed by atoms with Gasteiger partial charge in [-0.1, -0.05) is 38.5 Å². The van der Waals surface area contributed by atoms with Gasteiger partial charge in [-0.2, -0.15) is 25.3 Å². The van der Waals surface area contributed by atoms with Crippen LogP contribution in [-0.4, -0.2) is 69.5 Å². The topological polar surface area (TPSA) is 166 Å². The number of aliphatic carboxylic acids is 1. The van der Waals surface area contributed by atoms with Crippen LogP contribution < -0.4 is 21.7 Å². The van der Waals surface area contributed by atoms with E-state index in [1.54, 1.807) is 13.1 Å². The molecule has 5 unspecified atom stereocenters. The van der Waals surface area contributed by atoms with Gasteiger partial charge in [-0.05, 0) is 17.5 Å². The zero-order chi connectivity index (χ0) is 26.1. The smallest absolute Gasteiger partial charge is 0.326 e. The first kappa shape index (κ1) is 28.5. The Hall–Kier alpha value is -2.70. The molecule has 5 atom stereocenters. The maximum Gasteiger partial charge on any atom is 0.326 e. The van der Waals surface area contributed by atoms with Crippen molar-refractivity contribution in [3.8, 4) is 0 Å². The predicted molar refractivity (Wildman–Crippen MR) is 141 cm³/mol. The average molecular weight is 524 g/mol. The molecule has 1 aromatic heterocycles. The van der Waals surface area contributed by atoms with Crippen molar-refractivity contribution < 1.29 is 24.3 Å². The minimum atomic E-state index is -1.16. The summed E-state index contributed by atoms with van der Waals surface area (Å²) in [6.45, 7) is 3.53. The lowest BCUT2D eigenvalue weighted by molar-refractivity contribution is -0.143. The maximum atomic E-state index is 13.2. The van der Waals surface area contributed by atoms with Gasteiger partial charge in [0.05, 0.1) is 6.04 Å². The summed E-state index contributed by atoms with van der Waals surface area (Å²) < 4.78 is 0. The van der Waals surface area contributed by atoms with Gasteiger partial charge in [-0.3, -0.25) is 14.4 Å². The number of benzene rings is 1. The van der Waals surface area contributed by atoms with Crippen LogP contribution in [0, 0.1) is 5.92 Å². The van der Waals surface area contributed by atoms with Gasteiger partial charge in [-0.25, -0.2) is 4.79 Å². The fraction of sp³-hybridized carbons (Fsp3) is 0.478. The Morgan fingerprint density at radius 2 is 1.63 bits per heavy atom. The quantitative estimate of drug-likeness (QED) is 0.178. The average Bonchev–Trinajstić information content (AvgIpc) is 3.26. The van der Waals surface area contributed by atoms with E-state index in [0.717, 1.165) is 16.5 Å². The number of amides is 3.